The lowest BCUT2D eigenvalue weighted by molar-refractivity contribution is -0.138. The summed E-state index contributed by atoms with van der Waals surface area (Å²) in [7, 11) is 0. The number of aliphatic imine (C=N–C) groups is 1. The highest BCUT2D eigenvalue weighted by atomic mass is 32.1. The molecule has 0 fully saturated rings. The van der Waals surface area contributed by atoms with Gasteiger partial charge < -0.3 is 5.11 Å². The predicted molar refractivity (Wildman–Crippen MR) is 51.8 cm³/mol. The zero-order chi connectivity index (χ0) is 9.68. The summed E-state index contributed by atoms with van der Waals surface area (Å²) in [6.45, 7) is 0. The topological polar surface area (TPSA) is 49.7 Å². The molecule has 1 N–H and O–H groups in total. The van der Waals surface area contributed by atoms with Gasteiger partial charge in [0.05, 0.1) is 5.16 Å². The van der Waals surface area contributed by atoms with Gasteiger partial charge in [0.2, 0.25) is 0 Å². The maximum atomic E-state index is 10.7. The first kappa shape index (κ1) is 9.58. The molecule has 0 aliphatic heterocycles. The first-order valence-electron chi connectivity index (χ1n) is 3.60. The highest BCUT2D eigenvalue weighted by molar-refractivity contribution is 7.78. The number of carbonyl (C=O) groups is 1. The van der Waals surface area contributed by atoms with Crippen molar-refractivity contribution in [3.05, 3.63) is 35.9 Å². The minimum atomic E-state index is -1.02. The Morgan fingerprint density at radius 1 is 1.46 bits per heavy atom. The van der Waals surface area contributed by atoms with Crippen molar-refractivity contribution in [1.29, 1.82) is 0 Å². The molecule has 1 aromatic rings. The molecule has 0 spiro atoms. The van der Waals surface area contributed by atoms with E-state index in [0.717, 1.165) is 0 Å². The average molecular weight is 193 g/mol. The summed E-state index contributed by atoms with van der Waals surface area (Å²) in [6.07, 6.45) is 0. The van der Waals surface area contributed by atoms with Crippen LogP contribution in [-0.2, 0) is 4.79 Å². The number of benzene rings is 1. The molecular formula is C9H7NO2S. The Labute approximate surface area is 80.7 Å². The molecule has 0 aromatic heterocycles. The second-order valence-corrected chi connectivity index (χ2v) is 2.55. The van der Waals surface area contributed by atoms with E-state index in [9.17, 15) is 4.79 Å². The summed E-state index contributed by atoms with van der Waals surface area (Å²) in [5, 5.41) is 10.9. The lowest BCUT2D eigenvalue weighted by Crippen LogP contribution is -2.08. The van der Waals surface area contributed by atoms with Gasteiger partial charge in [-0.2, -0.15) is 0 Å². The maximum absolute atomic E-state index is 10.7. The summed E-state index contributed by atoms with van der Waals surface area (Å²) >= 11 is 4.37. The van der Waals surface area contributed by atoms with Gasteiger partial charge in [-0.1, -0.05) is 30.3 Å². The zero-order valence-corrected chi connectivity index (χ0v) is 7.49. The SMILES string of the molecule is O=C(O)[C@H](N=C=S)c1ccccc1. The second-order valence-electron chi connectivity index (χ2n) is 2.37. The number of hydrogen-bond donors (Lipinski definition) is 1. The number of isothiocyanates is 1. The van der Waals surface area contributed by atoms with Crippen molar-refractivity contribution < 1.29 is 9.90 Å². The minimum absolute atomic E-state index is 0.604. The number of thiocarbonyl (C=S) groups is 1. The van der Waals surface area contributed by atoms with E-state index >= 15 is 0 Å². The molecule has 0 unspecified atom stereocenters. The summed E-state index contributed by atoms with van der Waals surface area (Å²) in [5.41, 5.74) is 0.604. The smallest absolute Gasteiger partial charge is 0.333 e. The molecule has 1 rings (SSSR count). The van der Waals surface area contributed by atoms with E-state index in [2.05, 4.69) is 22.4 Å². The van der Waals surface area contributed by atoms with Gasteiger partial charge in [-0.3, -0.25) is 0 Å². The Bertz CT molecular complexity index is 342. The fourth-order valence-electron chi connectivity index (χ4n) is 0.960. The maximum Gasteiger partial charge on any atom is 0.333 e. The highest BCUT2D eigenvalue weighted by Gasteiger charge is 2.17. The molecule has 0 aliphatic carbocycles. The summed E-state index contributed by atoms with van der Waals surface area (Å²) < 4.78 is 0. The van der Waals surface area contributed by atoms with Gasteiger partial charge in [0.25, 0.3) is 0 Å². The van der Waals surface area contributed by atoms with Crippen molar-refractivity contribution in [2.24, 2.45) is 4.99 Å². The van der Waals surface area contributed by atoms with Crippen molar-refractivity contribution in [2.45, 2.75) is 6.04 Å². The van der Waals surface area contributed by atoms with E-state index in [0.29, 0.717) is 5.56 Å². The number of carboxylic acid groups (broad SMARTS) is 1. The molecule has 13 heavy (non-hydrogen) atoms. The van der Waals surface area contributed by atoms with Gasteiger partial charge in [-0.05, 0) is 17.8 Å². The van der Waals surface area contributed by atoms with E-state index in [4.69, 9.17) is 5.11 Å². The predicted octanol–water partition coefficient (Wildman–Crippen LogP) is 1.92. The molecule has 0 bridgehead atoms. The second kappa shape index (κ2) is 4.50. The van der Waals surface area contributed by atoms with Crippen LogP contribution in [0.5, 0.6) is 0 Å². The fraction of sp³-hybridized carbons (Fsp3) is 0.111. The van der Waals surface area contributed by atoms with Gasteiger partial charge in [-0.25, -0.2) is 9.79 Å². The van der Waals surface area contributed by atoms with Crippen LogP contribution in [0.4, 0.5) is 0 Å². The number of nitrogens with zero attached hydrogens (tertiary/aromatic N) is 1. The Morgan fingerprint density at radius 3 is 2.54 bits per heavy atom. The van der Waals surface area contributed by atoms with Crippen molar-refractivity contribution in [3.63, 3.8) is 0 Å². The van der Waals surface area contributed by atoms with Crippen molar-refractivity contribution >= 4 is 23.3 Å². The van der Waals surface area contributed by atoms with Crippen LogP contribution < -0.4 is 0 Å². The number of rotatable bonds is 3. The van der Waals surface area contributed by atoms with E-state index < -0.39 is 12.0 Å². The molecule has 0 amide bonds. The summed E-state index contributed by atoms with van der Waals surface area (Å²) in [5.74, 6) is -1.02. The van der Waals surface area contributed by atoms with Crippen LogP contribution in [-0.4, -0.2) is 16.2 Å². The first-order valence-corrected chi connectivity index (χ1v) is 4.01. The first-order chi connectivity index (χ1) is 6.25. The lowest BCUT2D eigenvalue weighted by atomic mass is 10.1. The quantitative estimate of drug-likeness (QED) is 0.589. The molecule has 1 aromatic carbocycles. The molecule has 0 radical (unpaired) electrons. The molecule has 0 saturated heterocycles. The van der Waals surface area contributed by atoms with Crippen molar-refractivity contribution in [3.8, 4) is 0 Å². The van der Waals surface area contributed by atoms with Crippen LogP contribution in [0.3, 0.4) is 0 Å². The zero-order valence-electron chi connectivity index (χ0n) is 6.68. The normalized spacial score (nSPS) is 11.4. The summed E-state index contributed by atoms with van der Waals surface area (Å²) in [4.78, 5) is 14.3. The molecule has 0 aliphatic rings. The highest BCUT2D eigenvalue weighted by Crippen LogP contribution is 2.16. The number of hydrogen-bond acceptors (Lipinski definition) is 3. The van der Waals surface area contributed by atoms with Crippen LogP contribution >= 0.6 is 12.2 Å². The molecule has 0 heterocycles. The van der Waals surface area contributed by atoms with Gasteiger partial charge >= 0.3 is 5.97 Å². The molecule has 66 valence electrons. The average Bonchev–Trinajstić information content (AvgIpc) is 2.15. The van der Waals surface area contributed by atoms with Crippen LogP contribution in [0, 0.1) is 0 Å². The number of aliphatic carboxylic acids is 1. The third-order valence-electron chi connectivity index (χ3n) is 1.53. The Kier molecular flexibility index (Phi) is 3.31. The Balaban J connectivity index is 3.02. The molecule has 4 heteroatoms. The molecule has 0 saturated carbocycles. The van der Waals surface area contributed by atoms with Gasteiger partial charge in [0, 0.05) is 0 Å². The van der Waals surface area contributed by atoms with Gasteiger partial charge in [0.15, 0.2) is 6.04 Å². The molecule has 3 nitrogen and oxygen atoms in total. The van der Waals surface area contributed by atoms with Crippen LogP contribution in [0.25, 0.3) is 0 Å². The molecule has 1 atom stereocenters. The van der Waals surface area contributed by atoms with Crippen LogP contribution in [0.15, 0.2) is 35.3 Å². The van der Waals surface area contributed by atoms with Crippen molar-refractivity contribution in [2.75, 3.05) is 0 Å². The standard InChI is InChI=1S/C9H7NO2S/c11-9(12)8(10-6-13)7-4-2-1-3-5-7/h1-5,8H,(H,11,12)/t8-/m1/s1. The van der Waals surface area contributed by atoms with Crippen molar-refractivity contribution in [1.82, 2.24) is 0 Å². The number of carboxylic acids is 1. The minimum Gasteiger partial charge on any atom is -0.479 e. The van der Waals surface area contributed by atoms with E-state index in [1.54, 1.807) is 24.3 Å². The van der Waals surface area contributed by atoms with E-state index in [-0.39, 0.29) is 0 Å². The van der Waals surface area contributed by atoms with Crippen LogP contribution in [0.1, 0.15) is 11.6 Å². The largest absolute Gasteiger partial charge is 0.479 e. The van der Waals surface area contributed by atoms with E-state index in [1.807, 2.05) is 6.07 Å². The van der Waals surface area contributed by atoms with Gasteiger partial charge in [0.1, 0.15) is 0 Å². The lowest BCUT2D eigenvalue weighted by Gasteiger charge is -2.04. The third kappa shape index (κ3) is 2.47. The summed E-state index contributed by atoms with van der Waals surface area (Å²) in [6, 6.07) is 7.76. The fourth-order valence-corrected chi connectivity index (χ4v) is 1.07. The monoisotopic (exact) mass is 193 g/mol. The van der Waals surface area contributed by atoms with Gasteiger partial charge in [-0.15, -0.1) is 0 Å². The third-order valence-corrected chi connectivity index (χ3v) is 1.64. The van der Waals surface area contributed by atoms with Crippen LogP contribution in [0.2, 0.25) is 0 Å². The van der Waals surface area contributed by atoms with E-state index in [1.165, 1.54) is 0 Å². The Morgan fingerprint density at radius 2 is 2.08 bits per heavy atom. The molecular weight excluding hydrogens is 186 g/mol. The Hall–Kier alpha value is -1.51.